The fraction of sp³-hybridized carbons (Fsp3) is 0.263. The lowest BCUT2D eigenvalue weighted by Crippen LogP contribution is -2.48. The standard InChI is InChI=1S/C19H19BrN2O3S2/c20-18-7-8-19(26-18)27(24,25)22-11-9-21(10-12-22)13-14-5-6-17(23)16-4-2-1-3-15(14)16/h1-8,23H,9-13H2. The zero-order chi connectivity index (χ0) is 19.0. The van der Waals surface area contributed by atoms with Gasteiger partial charge in [0.25, 0.3) is 10.0 Å². The number of phenols is 1. The SMILES string of the molecule is O=S(=O)(c1ccc(Br)s1)N1CCN(Cc2ccc(O)c3ccccc23)CC1. The Bertz CT molecular complexity index is 1070. The van der Waals surface area contributed by atoms with Crippen molar-refractivity contribution in [2.75, 3.05) is 26.2 Å². The van der Waals surface area contributed by atoms with E-state index in [-0.39, 0.29) is 5.75 Å². The van der Waals surface area contributed by atoms with Gasteiger partial charge in [0.05, 0.1) is 3.79 Å². The highest BCUT2D eigenvalue weighted by Gasteiger charge is 2.29. The molecule has 27 heavy (non-hydrogen) atoms. The number of piperazine rings is 1. The second-order valence-electron chi connectivity index (χ2n) is 6.53. The number of benzene rings is 2. The summed E-state index contributed by atoms with van der Waals surface area (Å²) in [5.41, 5.74) is 1.14. The maximum absolute atomic E-state index is 12.7. The Morgan fingerprint density at radius 3 is 2.33 bits per heavy atom. The van der Waals surface area contributed by atoms with Crippen molar-refractivity contribution in [3.05, 3.63) is 57.9 Å². The minimum absolute atomic E-state index is 0.285. The fourth-order valence-corrected chi connectivity index (χ4v) is 7.00. The fourth-order valence-electron chi connectivity index (χ4n) is 3.42. The average molecular weight is 467 g/mol. The Labute approximate surface area is 171 Å². The first kappa shape index (κ1) is 18.9. The molecule has 8 heteroatoms. The number of sulfonamides is 1. The highest BCUT2D eigenvalue weighted by Crippen LogP contribution is 2.30. The second kappa shape index (κ2) is 7.52. The third kappa shape index (κ3) is 3.77. The minimum Gasteiger partial charge on any atom is -0.507 e. The lowest BCUT2D eigenvalue weighted by atomic mass is 10.0. The van der Waals surface area contributed by atoms with E-state index in [1.54, 1.807) is 22.5 Å². The summed E-state index contributed by atoms with van der Waals surface area (Å²) in [6, 6.07) is 14.9. The number of hydrogen-bond acceptors (Lipinski definition) is 5. The van der Waals surface area contributed by atoms with Gasteiger partial charge in [-0.2, -0.15) is 4.31 Å². The van der Waals surface area contributed by atoms with Gasteiger partial charge in [-0.25, -0.2) is 8.42 Å². The Kier molecular flexibility index (Phi) is 5.26. The van der Waals surface area contributed by atoms with E-state index in [1.165, 1.54) is 11.3 Å². The molecule has 142 valence electrons. The molecule has 2 heterocycles. The summed E-state index contributed by atoms with van der Waals surface area (Å²) >= 11 is 4.57. The van der Waals surface area contributed by atoms with Gasteiger partial charge in [-0.3, -0.25) is 4.90 Å². The molecule has 5 nitrogen and oxygen atoms in total. The third-order valence-corrected chi connectivity index (χ3v) is 8.85. The third-order valence-electron chi connectivity index (χ3n) is 4.86. The van der Waals surface area contributed by atoms with Gasteiger partial charge in [-0.1, -0.05) is 30.3 Å². The molecule has 1 aromatic heterocycles. The molecule has 0 unspecified atom stereocenters. The molecule has 4 rings (SSSR count). The number of halogens is 1. The number of nitrogens with zero attached hydrogens (tertiary/aromatic N) is 2. The maximum atomic E-state index is 12.7. The molecule has 1 aliphatic heterocycles. The van der Waals surface area contributed by atoms with Crippen LogP contribution in [0, 0.1) is 0 Å². The van der Waals surface area contributed by atoms with Gasteiger partial charge in [-0.05, 0) is 45.1 Å². The number of phenolic OH excluding ortho intramolecular Hbond substituents is 1. The highest BCUT2D eigenvalue weighted by atomic mass is 79.9. The van der Waals surface area contributed by atoms with Crippen LogP contribution in [-0.4, -0.2) is 48.9 Å². The molecule has 0 saturated carbocycles. The summed E-state index contributed by atoms with van der Waals surface area (Å²) < 4.78 is 28.3. The van der Waals surface area contributed by atoms with Crippen LogP contribution in [0.3, 0.4) is 0 Å². The summed E-state index contributed by atoms with van der Waals surface area (Å²) in [5, 5.41) is 11.9. The molecule has 1 fully saturated rings. The Morgan fingerprint density at radius 2 is 1.67 bits per heavy atom. The van der Waals surface area contributed by atoms with Crippen molar-refractivity contribution in [2.45, 2.75) is 10.8 Å². The van der Waals surface area contributed by atoms with Crippen LogP contribution in [0.25, 0.3) is 10.8 Å². The summed E-state index contributed by atoms with van der Waals surface area (Å²) in [6.45, 7) is 3.06. The molecule has 1 aliphatic rings. The van der Waals surface area contributed by atoms with Gasteiger partial charge in [0.15, 0.2) is 0 Å². The van der Waals surface area contributed by atoms with Gasteiger partial charge in [0.2, 0.25) is 0 Å². The summed E-state index contributed by atoms with van der Waals surface area (Å²) in [7, 11) is -3.42. The first-order valence-corrected chi connectivity index (χ1v) is 11.7. The predicted octanol–water partition coefficient (Wildman–Crippen LogP) is 3.88. The predicted molar refractivity (Wildman–Crippen MR) is 112 cm³/mol. The molecule has 1 saturated heterocycles. The molecule has 0 bridgehead atoms. The van der Waals surface area contributed by atoms with Crippen molar-refractivity contribution in [1.29, 1.82) is 0 Å². The van der Waals surface area contributed by atoms with Crippen LogP contribution in [0.1, 0.15) is 5.56 Å². The van der Waals surface area contributed by atoms with E-state index in [0.717, 1.165) is 26.7 Å². The maximum Gasteiger partial charge on any atom is 0.252 e. The lowest BCUT2D eigenvalue weighted by Gasteiger charge is -2.33. The molecule has 3 aromatic rings. The van der Waals surface area contributed by atoms with Crippen molar-refractivity contribution in [2.24, 2.45) is 0 Å². The molecular formula is C19H19BrN2O3S2. The summed E-state index contributed by atoms with van der Waals surface area (Å²) in [5.74, 6) is 0.285. The van der Waals surface area contributed by atoms with Gasteiger partial charge in [0, 0.05) is 38.1 Å². The van der Waals surface area contributed by atoms with Gasteiger partial charge in [0.1, 0.15) is 9.96 Å². The number of fused-ring (bicyclic) bond motifs is 1. The van der Waals surface area contributed by atoms with Gasteiger partial charge < -0.3 is 5.11 Å². The zero-order valence-electron chi connectivity index (χ0n) is 14.5. The Morgan fingerprint density at radius 1 is 0.963 bits per heavy atom. The van der Waals surface area contributed by atoms with E-state index in [4.69, 9.17) is 0 Å². The van der Waals surface area contributed by atoms with Gasteiger partial charge >= 0.3 is 0 Å². The van der Waals surface area contributed by atoms with Crippen LogP contribution in [0.5, 0.6) is 5.75 Å². The molecule has 2 aromatic carbocycles. The van der Waals surface area contributed by atoms with E-state index in [1.807, 2.05) is 30.3 Å². The first-order chi connectivity index (χ1) is 12.9. The van der Waals surface area contributed by atoms with E-state index in [9.17, 15) is 13.5 Å². The number of rotatable bonds is 4. The van der Waals surface area contributed by atoms with Crippen molar-refractivity contribution in [3.63, 3.8) is 0 Å². The summed E-state index contributed by atoms with van der Waals surface area (Å²) in [6.07, 6.45) is 0. The average Bonchev–Trinajstić information content (AvgIpc) is 3.12. The van der Waals surface area contributed by atoms with E-state index < -0.39 is 10.0 Å². The molecule has 0 amide bonds. The molecule has 0 spiro atoms. The van der Waals surface area contributed by atoms with Crippen LogP contribution < -0.4 is 0 Å². The van der Waals surface area contributed by atoms with Crippen molar-refractivity contribution < 1.29 is 13.5 Å². The Hall–Kier alpha value is -1.45. The van der Waals surface area contributed by atoms with Crippen LogP contribution >= 0.6 is 27.3 Å². The Balaban J connectivity index is 1.47. The molecule has 1 N–H and O–H groups in total. The number of hydrogen-bond donors (Lipinski definition) is 1. The molecule has 0 atom stereocenters. The largest absolute Gasteiger partial charge is 0.507 e. The van der Waals surface area contributed by atoms with E-state index in [0.29, 0.717) is 30.4 Å². The van der Waals surface area contributed by atoms with Crippen LogP contribution in [0.15, 0.2) is 56.5 Å². The second-order valence-corrected chi connectivity index (χ2v) is 11.2. The molecule has 0 aliphatic carbocycles. The first-order valence-electron chi connectivity index (χ1n) is 8.62. The van der Waals surface area contributed by atoms with Crippen molar-refractivity contribution in [3.8, 4) is 5.75 Å². The highest BCUT2D eigenvalue weighted by molar-refractivity contribution is 9.11. The molecular weight excluding hydrogens is 448 g/mol. The van der Waals surface area contributed by atoms with Crippen molar-refractivity contribution >= 4 is 48.1 Å². The van der Waals surface area contributed by atoms with E-state index in [2.05, 4.69) is 20.8 Å². The topological polar surface area (TPSA) is 60.9 Å². The normalized spacial score (nSPS) is 16.8. The molecule has 0 radical (unpaired) electrons. The zero-order valence-corrected chi connectivity index (χ0v) is 17.7. The van der Waals surface area contributed by atoms with Crippen LogP contribution in [-0.2, 0) is 16.6 Å². The smallest absolute Gasteiger partial charge is 0.252 e. The quantitative estimate of drug-likeness (QED) is 0.633. The van der Waals surface area contributed by atoms with Crippen LogP contribution in [0.4, 0.5) is 0 Å². The van der Waals surface area contributed by atoms with Gasteiger partial charge in [-0.15, -0.1) is 11.3 Å². The number of aromatic hydroxyl groups is 1. The lowest BCUT2D eigenvalue weighted by molar-refractivity contribution is 0.182. The monoisotopic (exact) mass is 466 g/mol. The summed E-state index contributed by atoms with van der Waals surface area (Å²) in [4.78, 5) is 2.26. The van der Waals surface area contributed by atoms with Crippen LogP contribution in [0.2, 0.25) is 0 Å². The van der Waals surface area contributed by atoms with E-state index >= 15 is 0 Å². The van der Waals surface area contributed by atoms with Crippen molar-refractivity contribution in [1.82, 2.24) is 9.21 Å². The minimum atomic E-state index is -3.42. The number of thiophene rings is 1.